The number of hydrogen-bond acceptors (Lipinski definition) is 10. The van der Waals surface area contributed by atoms with Crippen LogP contribution < -0.4 is 9.47 Å². The molecule has 3 aromatic heterocycles. The van der Waals surface area contributed by atoms with E-state index in [-0.39, 0.29) is 6.04 Å². The van der Waals surface area contributed by atoms with E-state index in [9.17, 15) is 0 Å². The zero-order valence-electron chi connectivity index (χ0n) is 21.0. The van der Waals surface area contributed by atoms with Gasteiger partial charge in [-0.3, -0.25) is 4.90 Å². The van der Waals surface area contributed by atoms with Crippen molar-refractivity contribution in [3.8, 4) is 17.4 Å². The lowest BCUT2D eigenvalue weighted by Crippen LogP contribution is -2.41. The number of benzene rings is 1. The van der Waals surface area contributed by atoms with Gasteiger partial charge in [0.2, 0.25) is 6.79 Å². The van der Waals surface area contributed by atoms with Crippen molar-refractivity contribution < 1.29 is 9.47 Å². The van der Waals surface area contributed by atoms with Gasteiger partial charge in [0.1, 0.15) is 12.7 Å². The monoisotopic (exact) mass is 518 g/mol. The highest BCUT2D eigenvalue weighted by Crippen LogP contribution is 2.39. The topological polar surface area (TPSA) is 94.3 Å². The van der Waals surface area contributed by atoms with Crippen LogP contribution in [0.1, 0.15) is 46.8 Å². The number of rotatable bonds is 8. The fourth-order valence-corrected chi connectivity index (χ4v) is 5.93. The van der Waals surface area contributed by atoms with Gasteiger partial charge in [-0.15, -0.1) is 11.3 Å². The fraction of sp³-hybridized carbons (Fsp3) is 0.423. The molecule has 2 unspecified atom stereocenters. The highest BCUT2D eigenvalue weighted by molar-refractivity contribution is 7.09. The Labute approximate surface area is 219 Å². The maximum absolute atomic E-state index is 5.55. The van der Waals surface area contributed by atoms with Gasteiger partial charge in [-0.05, 0) is 57.1 Å². The van der Waals surface area contributed by atoms with Crippen molar-refractivity contribution in [1.82, 2.24) is 39.5 Å². The van der Waals surface area contributed by atoms with Crippen LogP contribution >= 0.6 is 11.3 Å². The third kappa shape index (κ3) is 5.34. The van der Waals surface area contributed by atoms with Gasteiger partial charge >= 0.3 is 0 Å². The summed E-state index contributed by atoms with van der Waals surface area (Å²) < 4.78 is 12.6. The molecular formula is C26H30N8O2S. The quantitative estimate of drug-likeness (QED) is 0.347. The van der Waals surface area contributed by atoms with Crippen LogP contribution in [0, 0.1) is 6.92 Å². The summed E-state index contributed by atoms with van der Waals surface area (Å²) in [6.07, 6.45) is 7.13. The van der Waals surface area contributed by atoms with Crippen molar-refractivity contribution in [3.05, 3.63) is 70.5 Å². The Morgan fingerprint density at radius 3 is 2.92 bits per heavy atom. The van der Waals surface area contributed by atoms with E-state index in [0.717, 1.165) is 61.9 Å². The molecule has 11 heteroatoms. The van der Waals surface area contributed by atoms with E-state index in [2.05, 4.69) is 60.5 Å². The summed E-state index contributed by atoms with van der Waals surface area (Å²) in [6, 6.07) is 8.47. The van der Waals surface area contributed by atoms with Gasteiger partial charge in [0, 0.05) is 42.8 Å². The Morgan fingerprint density at radius 1 is 1.16 bits per heavy atom. The largest absolute Gasteiger partial charge is 0.454 e. The van der Waals surface area contributed by atoms with Crippen LogP contribution in [0.3, 0.4) is 0 Å². The first-order chi connectivity index (χ1) is 18.1. The third-order valence-electron chi connectivity index (χ3n) is 7.00. The molecule has 192 valence electrons. The lowest BCUT2D eigenvalue weighted by atomic mass is 9.89. The maximum atomic E-state index is 5.55. The summed E-state index contributed by atoms with van der Waals surface area (Å²) in [7, 11) is 2.17. The van der Waals surface area contributed by atoms with Crippen LogP contribution in [0.2, 0.25) is 0 Å². The molecule has 1 fully saturated rings. The molecule has 0 aliphatic carbocycles. The van der Waals surface area contributed by atoms with Crippen LogP contribution in [0.5, 0.6) is 11.5 Å². The third-order valence-corrected chi connectivity index (χ3v) is 7.94. The molecular weight excluding hydrogens is 488 g/mol. The maximum Gasteiger partial charge on any atom is 0.252 e. The van der Waals surface area contributed by atoms with E-state index in [0.29, 0.717) is 18.7 Å². The minimum atomic E-state index is 0.172. The molecule has 1 aromatic carbocycles. The molecule has 2 aliphatic heterocycles. The van der Waals surface area contributed by atoms with Gasteiger partial charge in [0.25, 0.3) is 5.95 Å². The normalized spacial score (nSPS) is 19.5. The minimum absolute atomic E-state index is 0.172. The zero-order chi connectivity index (χ0) is 25.2. The Morgan fingerprint density at radius 2 is 2.08 bits per heavy atom. The molecule has 2 atom stereocenters. The van der Waals surface area contributed by atoms with Gasteiger partial charge in [-0.25, -0.2) is 19.9 Å². The number of hydrogen-bond donors (Lipinski definition) is 0. The first-order valence-corrected chi connectivity index (χ1v) is 13.4. The van der Waals surface area contributed by atoms with Crippen LogP contribution in [-0.4, -0.2) is 73.0 Å². The number of likely N-dealkylation sites (N-methyl/N-ethyl adjacent to an activating group) is 1. The Bertz CT molecular complexity index is 1330. The second-order valence-corrected chi connectivity index (χ2v) is 10.6. The highest BCUT2D eigenvalue weighted by atomic mass is 32.1. The molecule has 5 heterocycles. The number of ether oxygens (including phenoxy) is 2. The fourth-order valence-electron chi connectivity index (χ4n) is 5.14. The predicted octanol–water partition coefficient (Wildman–Crippen LogP) is 3.60. The van der Waals surface area contributed by atoms with E-state index in [1.54, 1.807) is 22.3 Å². The van der Waals surface area contributed by atoms with E-state index in [1.165, 1.54) is 16.9 Å². The summed E-state index contributed by atoms with van der Waals surface area (Å²) in [5.41, 5.74) is 3.17. The summed E-state index contributed by atoms with van der Waals surface area (Å²) in [4.78, 5) is 23.2. The lowest BCUT2D eigenvalue weighted by molar-refractivity contribution is 0.116. The number of aromatic nitrogens is 6. The van der Waals surface area contributed by atoms with Crippen molar-refractivity contribution >= 4 is 11.3 Å². The van der Waals surface area contributed by atoms with E-state index in [4.69, 9.17) is 14.5 Å². The Hall–Kier alpha value is -3.41. The summed E-state index contributed by atoms with van der Waals surface area (Å²) in [6.45, 7) is 6.03. The number of likely N-dealkylation sites (tertiary alicyclic amines) is 1. The average Bonchev–Trinajstić information content (AvgIpc) is 3.69. The number of nitrogens with zero attached hydrogens (tertiary/aromatic N) is 8. The van der Waals surface area contributed by atoms with E-state index < -0.39 is 0 Å². The first-order valence-electron chi connectivity index (χ1n) is 12.5. The molecule has 0 saturated carbocycles. The van der Waals surface area contributed by atoms with Gasteiger partial charge in [0.15, 0.2) is 11.5 Å². The second-order valence-electron chi connectivity index (χ2n) is 9.64. The molecule has 37 heavy (non-hydrogen) atoms. The zero-order valence-corrected chi connectivity index (χ0v) is 21.8. The first kappa shape index (κ1) is 24.0. The van der Waals surface area contributed by atoms with Crippen LogP contribution in [0.4, 0.5) is 0 Å². The summed E-state index contributed by atoms with van der Waals surface area (Å²) in [5, 5.41) is 7.53. The molecule has 1 saturated heterocycles. The van der Waals surface area contributed by atoms with Crippen molar-refractivity contribution in [2.45, 2.75) is 38.3 Å². The van der Waals surface area contributed by atoms with Gasteiger partial charge in [0.05, 0.1) is 16.7 Å². The lowest BCUT2D eigenvalue weighted by Gasteiger charge is -2.39. The van der Waals surface area contributed by atoms with Crippen LogP contribution in [0.15, 0.2) is 48.5 Å². The standard InChI is InChI=1S/C26H30N8O2S/c1-18-11-21(31-26(30-18)34-16-27-15-29-34)22-13-20(25-28-6-10-37-25)5-7-33(22)9-8-32(2)14-19-3-4-23-24(12-19)36-17-35-23/h3-4,6,10-12,15-16,20,22H,5,7-9,13-14,17H2,1-2H3. The minimum Gasteiger partial charge on any atom is -0.454 e. The van der Waals surface area contributed by atoms with Gasteiger partial charge in [-0.1, -0.05) is 6.07 Å². The Balaban J connectivity index is 1.19. The van der Waals surface area contributed by atoms with Crippen molar-refractivity contribution in [2.24, 2.45) is 0 Å². The molecule has 0 bridgehead atoms. The van der Waals surface area contributed by atoms with Crippen molar-refractivity contribution in [1.29, 1.82) is 0 Å². The number of aryl methyl sites for hydroxylation is 1. The molecule has 0 N–H and O–H groups in total. The predicted molar refractivity (Wildman–Crippen MR) is 139 cm³/mol. The Kier molecular flexibility index (Phi) is 6.81. The molecule has 10 nitrogen and oxygen atoms in total. The second kappa shape index (κ2) is 10.5. The highest BCUT2D eigenvalue weighted by Gasteiger charge is 2.33. The van der Waals surface area contributed by atoms with Crippen LogP contribution in [-0.2, 0) is 6.54 Å². The molecule has 0 radical (unpaired) electrons. The van der Waals surface area contributed by atoms with E-state index in [1.807, 2.05) is 19.2 Å². The number of thiazole rings is 1. The molecule has 0 spiro atoms. The van der Waals surface area contributed by atoms with Crippen molar-refractivity contribution in [3.63, 3.8) is 0 Å². The average molecular weight is 519 g/mol. The van der Waals surface area contributed by atoms with Gasteiger partial charge in [-0.2, -0.15) is 9.78 Å². The smallest absolute Gasteiger partial charge is 0.252 e. The summed E-state index contributed by atoms with van der Waals surface area (Å²) in [5.74, 6) is 2.64. The van der Waals surface area contributed by atoms with Crippen molar-refractivity contribution in [2.75, 3.05) is 33.5 Å². The van der Waals surface area contributed by atoms with Gasteiger partial charge < -0.3 is 14.4 Å². The SMILES string of the molecule is Cc1cc(C2CC(c3nccs3)CCN2CCN(C)Cc2ccc3c(c2)OCO3)nc(-n2cncn2)n1. The molecule has 6 rings (SSSR count). The molecule has 4 aromatic rings. The number of piperidine rings is 1. The molecule has 0 amide bonds. The number of fused-ring (bicyclic) bond motifs is 1. The summed E-state index contributed by atoms with van der Waals surface area (Å²) >= 11 is 1.75. The molecule has 2 aliphatic rings. The van der Waals surface area contributed by atoms with E-state index >= 15 is 0 Å². The van der Waals surface area contributed by atoms with Crippen LogP contribution in [0.25, 0.3) is 5.95 Å².